The summed E-state index contributed by atoms with van der Waals surface area (Å²) in [5.41, 5.74) is 0. The van der Waals surface area contributed by atoms with Crippen LogP contribution in [-0.2, 0) is 47.7 Å². The zero-order chi connectivity index (χ0) is 24.3. The normalized spacial score (nSPS) is 17.0. The van der Waals surface area contributed by atoms with E-state index in [0.717, 1.165) is 40.8 Å². The predicted octanol–water partition coefficient (Wildman–Crippen LogP) is -0.915. The smallest absolute Gasteiger partial charge is 0.303 e. The third-order valence-corrected chi connectivity index (χ3v) is 4.39. The fourth-order valence-corrected chi connectivity index (χ4v) is 3.06. The molecule has 4 atom stereocenters. The van der Waals surface area contributed by atoms with Crippen molar-refractivity contribution < 1.29 is 47.7 Å². The fourth-order valence-electron chi connectivity index (χ4n) is 3.06. The van der Waals surface area contributed by atoms with Crippen molar-refractivity contribution in [1.82, 2.24) is 10.6 Å². The summed E-state index contributed by atoms with van der Waals surface area (Å²) < 4.78 is 26.2. The SMILES string of the molecule is CC(=O)OC[C@@H](OC(C)=O)[C@@H](OC(C)=O)[C@H](OC(C)=O)[C@H](CNCC1CNC1)OC(C)=O. The van der Waals surface area contributed by atoms with Crippen molar-refractivity contribution in [3.8, 4) is 0 Å². The number of hydrogen-bond acceptors (Lipinski definition) is 12. The molecule has 0 bridgehead atoms. The van der Waals surface area contributed by atoms with Crippen LogP contribution in [0, 0.1) is 5.92 Å². The number of rotatable bonds is 13. The van der Waals surface area contributed by atoms with Crippen molar-refractivity contribution in [2.24, 2.45) is 5.92 Å². The van der Waals surface area contributed by atoms with Crippen molar-refractivity contribution in [1.29, 1.82) is 0 Å². The molecule has 32 heavy (non-hydrogen) atoms. The highest BCUT2D eigenvalue weighted by atomic mass is 16.6. The van der Waals surface area contributed by atoms with Gasteiger partial charge in [-0.3, -0.25) is 24.0 Å². The number of nitrogens with one attached hydrogen (secondary N) is 2. The third kappa shape index (κ3) is 10.5. The molecule has 0 aromatic heterocycles. The largest absolute Gasteiger partial charge is 0.462 e. The summed E-state index contributed by atoms with van der Waals surface area (Å²) in [5.74, 6) is -3.21. The Hall–Kier alpha value is -2.73. The van der Waals surface area contributed by atoms with E-state index < -0.39 is 60.9 Å². The lowest BCUT2D eigenvalue weighted by Gasteiger charge is -2.36. The second-order valence-electron chi connectivity index (χ2n) is 7.43. The number of hydrogen-bond donors (Lipinski definition) is 2. The first kappa shape index (κ1) is 27.3. The van der Waals surface area contributed by atoms with E-state index in [-0.39, 0.29) is 6.54 Å². The zero-order valence-corrected chi connectivity index (χ0v) is 19.0. The van der Waals surface area contributed by atoms with E-state index in [1.54, 1.807) is 0 Å². The number of carbonyl (C=O) groups excluding carboxylic acids is 5. The summed E-state index contributed by atoms with van der Waals surface area (Å²) >= 11 is 0. The topological polar surface area (TPSA) is 156 Å². The lowest BCUT2D eigenvalue weighted by molar-refractivity contribution is -0.202. The molecule has 0 aromatic carbocycles. The quantitative estimate of drug-likeness (QED) is 0.258. The molecule has 1 aliphatic rings. The van der Waals surface area contributed by atoms with Crippen LogP contribution in [0.5, 0.6) is 0 Å². The van der Waals surface area contributed by atoms with Gasteiger partial charge in [0.05, 0.1) is 0 Å². The molecule has 0 radical (unpaired) electrons. The molecule has 2 N–H and O–H groups in total. The molecule has 1 heterocycles. The Morgan fingerprint density at radius 2 is 1.22 bits per heavy atom. The molecule has 0 amide bonds. The summed E-state index contributed by atoms with van der Waals surface area (Å²) in [7, 11) is 0. The van der Waals surface area contributed by atoms with Crippen LogP contribution < -0.4 is 10.6 Å². The van der Waals surface area contributed by atoms with Crippen molar-refractivity contribution in [3.05, 3.63) is 0 Å². The molecule has 0 saturated carbocycles. The van der Waals surface area contributed by atoms with Gasteiger partial charge in [-0.15, -0.1) is 0 Å². The van der Waals surface area contributed by atoms with E-state index >= 15 is 0 Å². The zero-order valence-electron chi connectivity index (χ0n) is 19.0. The van der Waals surface area contributed by atoms with Crippen LogP contribution in [0.2, 0.25) is 0 Å². The van der Waals surface area contributed by atoms with Crippen molar-refractivity contribution in [3.63, 3.8) is 0 Å². The minimum atomic E-state index is -1.42. The number of ether oxygens (including phenoxy) is 5. The molecule has 0 aromatic rings. The first-order valence-corrected chi connectivity index (χ1v) is 10.2. The summed E-state index contributed by atoms with van der Waals surface area (Å²) in [4.78, 5) is 58.4. The van der Waals surface area contributed by atoms with E-state index in [1.165, 1.54) is 6.92 Å². The van der Waals surface area contributed by atoms with E-state index in [2.05, 4.69) is 10.6 Å². The highest BCUT2D eigenvalue weighted by Gasteiger charge is 2.43. The summed E-state index contributed by atoms with van der Waals surface area (Å²) in [6.45, 7) is 7.55. The Labute approximate surface area is 186 Å². The average molecular weight is 460 g/mol. The Bertz CT molecular complexity index is 679. The third-order valence-electron chi connectivity index (χ3n) is 4.39. The minimum Gasteiger partial charge on any atom is -0.462 e. The van der Waals surface area contributed by atoms with E-state index in [4.69, 9.17) is 23.7 Å². The molecule has 1 rings (SSSR count). The maximum absolute atomic E-state index is 11.9. The molecular formula is C20H32N2O10. The highest BCUT2D eigenvalue weighted by Crippen LogP contribution is 2.20. The van der Waals surface area contributed by atoms with E-state index in [0.29, 0.717) is 12.5 Å². The van der Waals surface area contributed by atoms with E-state index in [1.807, 2.05) is 0 Å². The maximum atomic E-state index is 11.9. The van der Waals surface area contributed by atoms with Gasteiger partial charge >= 0.3 is 29.8 Å². The van der Waals surface area contributed by atoms with Gasteiger partial charge in [0.1, 0.15) is 6.61 Å². The lowest BCUT2D eigenvalue weighted by Crippen LogP contribution is -2.56. The molecule has 1 aliphatic heterocycles. The average Bonchev–Trinajstić information content (AvgIpc) is 2.61. The van der Waals surface area contributed by atoms with Crippen molar-refractivity contribution >= 4 is 29.8 Å². The molecule has 12 heteroatoms. The second kappa shape index (κ2) is 13.6. The summed E-state index contributed by atoms with van der Waals surface area (Å²) in [5, 5.41) is 6.28. The Kier molecular flexibility index (Phi) is 11.6. The summed E-state index contributed by atoms with van der Waals surface area (Å²) in [6.07, 6.45) is -5.19. The Morgan fingerprint density at radius 1 is 0.750 bits per heavy atom. The first-order chi connectivity index (χ1) is 15.0. The molecule has 0 aliphatic carbocycles. The van der Waals surface area contributed by atoms with Crippen LogP contribution in [0.25, 0.3) is 0 Å². The van der Waals surface area contributed by atoms with Gasteiger partial charge < -0.3 is 34.3 Å². The Morgan fingerprint density at radius 3 is 1.62 bits per heavy atom. The van der Waals surface area contributed by atoms with Crippen LogP contribution in [-0.4, -0.2) is 87.0 Å². The Balaban J connectivity index is 3.22. The molecule has 1 fully saturated rings. The van der Waals surface area contributed by atoms with Gasteiger partial charge in [-0.2, -0.15) is 0 Å². The van der Waals surface area contributed by atoms with Gasteiger partial charge in [0.25, 0.3) is 0 Å². The van der Waals surface area contributed by atoms with Crippen molar-refractivity contribution in [2.45, 2.75) is 59.0 Å². The first-order valence-electron chi connectivity index (χ1n) is 10.2. The molecule has 12 nitrogen and oxygen atoms in total. The van der Waals surface area contributed by atoms with Crippen LogP contribution in [0.1, 0.15) is 34.6 Å². The van der Waals surface area contributed by atoms with E-state index in [9.17, 15) is 24.0 Å². The highest BCUT2D eigenvalue weighted by molar-refractivity contribution is 5.69. The molecule has 0 spiro atoms. The van der Waals surface area contributed by atoms with Gasteiger partial charge in [-0.05, 0) is 5.92 Å². The van der Waals surface area contributed by atoms with Gasteiger partial charge in [0.15, 0.2) is 24.4 Å². The minimum absolute atomic E-state index is 0.0617. The predicted molar refractivity (Wildman–Crippen MR) is 108 cm³/mol. The molecule has 182 valence electrons. The lowest BCUT2D eigenvalue weighted by atomic mass is 10.0. The maximum Gasteiger partial charge on any atom is 0.303 e. The number of esters is 5. The monoisotopic (exact) mass is 460 g/mol. The van der Waals surface area contributed by atoms with Crippen LogP contribution in [0.15, 0.2) is 0 Å². The second-order valence-corrected chi connectivity index (χ2v) is 7.43. The standard InChI is InChI=1S/C20H32N2O10/c1-11(23)28-10-18(30-13(3)25)20(32-15(5)27)19(31-14(4)26)17(29-12(2)24)9-22-8-16-6-21-7-16/h16-22H,6-10H2,1-5H3/t17-,18+,19+,20+/m0/s1. The summed E-state index contributed by atoms with van der Waals surface area (Å²) in [6, 6.07) is 0. The van der Waals surface area contributed by atoms with Gasteiger partial charge in [-0.25, -0.2) is 0 Å². The van der Waals surface area contributed by atoms with Crippen molar-refractivity contribution in [2.75, 3.05) is 32.8 Å². The van der Waals surface area contributed by atoms with Gasteiger partial charge in [0.2, 0.25) is 0 Å². The fraction of sp³-hybridized carbons (Fsp3) is 0.750. The van der Waals surface area contributed by atoms with Crippen LogP contribution in [0.4, 0.5) is 0 Å². The van der Waals surface area contributed by atoms with Gasteiger partial charge in [0, 0.05) is 60.8 Å². The van der Waals surface area contributed by atoms with Crippen LogP contribution in [0.3, 0.4) is 0 Å². The molecule has 0 unspecified atom stereocenters. The molecular weight excluding hydrogens is 428 g/mol. The molecule has 1 saturated heterocycles. The number of carbonyl (C=O) groups is 5. The van der Waals surface area contributed by atoms with Gasteiger partial charge in [-0.1, -0.05) is 0 Å². The van der Waals surface area contributed by atoms with Crippen LogP contribution >= 0.6 is 0 Å².